The van der Waals surface area contributed by atoms with Crippen molar-refractivity contribution >= 4 is 0 Å². The third-order valence-corrected chi connectivity index (χ3v) is 2.33. The minimum atomic E-state index is 0.0288. The molecule has 0 amide bonds. The van der Waals surface area contributed by atoms with Crippen molar-refractivity contribution in [1.29, 1.82) is 5.26 Å². The normalized spacial score (nSPS) is 13.6. The standard InChI is InChI=1S/C10H16N4/c1-10(2,3)8(6-11)14-5-4-13-9(14)7-12/h4-5,8H,6,11H2,1-3H3. The molecule has 1 heterocycles. The third-order valence-electron chi connectivity index (χ3n) is 2.33. The van der Waals surface area contributed by atoms with Crippen molar-refractivity contribution in [2.24, 2.45) is 11.1 Å². The number of rotatable bonds is 2. The van der Waals surface area contributed by atoms with Crippen molar-refractivity contribution in [3.63, 3.8) is 0 Å². The lowest BCUT2D eigenvalue weighted by Crippen LogP contribution is -2.31. The fourth-order valence-electron chi connectivity index (χ4n) is 1.54. The van der Waals surface area contributed by atoms with Gasteiger partial charge in [0.2, 0.25) is 5.82 Å². The molecule has 1 atom stereocenters. The van der Waals surface area contributed by atoms with Gasteiger partial charge in [-0.05, 0) is 5.41 Å². The molecule has 0 aliphatic rings. The number of nitriles is 1. The van der Waals surface area contributed by atoms with Crippen molar-refractivity contribution in [3.8, 4) is 6.07 Å². The van der Waals surface area contributed by atoms with E-state index in [1.54, 1.807) is 12.4 Å². The smallest absolute Gasteiger partial charge is 0.213 e. The number of hydrogen-bond donors (Lipinski definition) is 1. The molecule has 1 aromatic rings. The lowest BCUT2D eigenvalue weighted by atomic mass is 9.86. The van der Waals surface area contributed by atoms with Crippen molar-refractivity contribution < 1.29 is 0 Å². The Bertz CT molecular complexity index is 340. The van der Waals surface area contributed by atoms with Gasteiger partial charge in [-0.25, -0.2) is 4.98 Å². The highest BCUT2D eigenvalue weighted by Gasteiger charge is 2.26. The highest BCUT2D eigenvalue weighted by atomic mass is 15.1. The lowest BCUT2D eigenvalue weighted by molar-refractivity contribution is 0.247. The van der Waals surface area contributed by atoms with Crippen LogP contribution in [0.5, 0.6) is 0 Å². The zero-order valence-electron chi connectivity index (χ0n) is 8.86. The first-order chi connectivity index (χ1) is 6.50. The van der Waals surface area contributed by atoms with Crippen LogP contribution in [0.1, 0.15) is 32.6 Å². The van der Waals surface area contributed by atoms with Crippen LogP contribution in [0.2, 0.25) is 0 Å². The quantitative estimate of drug-likeness (QED) is 0.768. The van der Waals surface area contributed by atoms with E-state index in [0.29, 0.717) is 12.4 Å². The molecule has 0 saturated carbocycles. The molecule has 14 heavy (non-hydrogen) atoms. The molecule has 0 fully saturated rings. The zero-order chi connectivity index (χ0) is 10.8. The Labute approximate surface area is 84.4 Å². The summed E-state index contributed by atoms with van der Waals surface area (Å²) in [7, 11) is 0. The van der Waals surface area contributed by atoms with Gasteiger partial charge in [0.15, 0.2) is 0 Å². The molecular weight excluding hydrogens is 176 g/mol. The molecule has 1 rings (SSSR count). The van der Waals surface area contributed by atoms with Gasteiger partial charge in [0, 0.05) is 18.9 Å². The number of nitrogens with zero attached hydrogens (tertiary/aromatic N) is 3. The number of nitrogens with two attached hydrogens (primary N) is 1. The second-order valence-electron chi connectivity index (χ2n) is 4.39. The van der Waals surface area contributed by atoms with Gasteiger partial charge < -0.3 is 10.3 Å². The maximum absolute atomic E-state index is 8.84. The highest BCUT2D eigenvalue weighted by molar-refractivity contribution is 5.13. The van der Waals surface area contributed by atoms with Crippen LogP contribution in [0.3, 0.4) is 0 Å². The molecule has 0 radical (unpaired) electrons. The van der Waals surface area contributed by atoms with Crippen LogP contribution in [-0.2, 0) is 0 Å². The van der Waals surface area contributed by atoms with Crippen LogP contribution in [0.15, 0.2) is 12.4 Å². The Morgan fingerprint density at radius 2 is 2.29 bits per heavy atom. The molecule has 4 heteroatoms. The number of hydrogen-bond acceptors (Lipinski definition) is 3. The topological polar surface area (TPSA) is 67.6 Å². The Kier molecular flexibility index (Phi) is 2.92. The van der Waals surface area contributed by atoms with Crippen molar-refractivity contribution in [2.75, 3.05) is 6.54 Å². The van der Waals surface area contributed by atoms with Gasteiger partial charge in [-0.2, -0.15) is 5.26 Å². The Morgan fingerprint density at radius 1 is 1.64 bits per heavy atom. The summed E-state index contributed by atoms with van der Waals surface area (Å²) in [6.45, 7) is 6.82. The van der Waals surface area contributed by atoms with Gasteiger partial charge in [0.25, 0.3) is 0 Å². The van der Waals surface area contributed by atoms with Crippen LogP contribution >= 0.6 is 0 Å². The summed E-state index contributed by atoms with van der Waals surface area (Å²) < 4.78 is 1.85. The summed E-state index contributed by atoms with van der Waals surface area (Å²) in [5.41, 5.74) is 5.74. The molecule has 1 unspecified atom stereocenters. The summed E-state index contributed by atoms with van der Waals surface area (Å²) in [5, 5.41) is 8.84. The van der Waals surface area contributed by atoms with Crippen LogP contribution in [0.4, 0.5) is 0 Å². The molecule has 0 spiro atoms. The van der Waals surface area contributed by atoms with E-state index in [2.05, 4.69) is 31.8 Å². The maximum atomic E-state index is 8.84. The molecule has 0 aliphatic heterocycles. The second-order valence-corrected chi connectivity index (χ2v) is 4.39. The lowest BCUT2D eigenvalue weighted by Gasteiger charge is -2.30. The molecule has 76 valence electrons. The van der Waals surface area contributed by atoms with E-state index in [0.717, 1.165) is 0 Å². The monoisotopic (exact) mass is 192 g/mol. The highest BCUT2D eigenvalue weighted by Crippen LogP contribution is 2.30. The zero-order valence-corrected chi connectivity index (χ0v) is 8.86. The summed E-state index contributed by atoms with van der Waals surface area (Å²) in [4.78, 5) is 3.96. The predicted octanol–water partition coefficient (Wildman–Crippen LogP) is 1.30. The maximum Gasteiger partial charge on any atom is 0.213 e. The van der Waals surface area contributed by atoms with Gasteiger partial charge in [-0.3, -0.25) is 0 Å². The Balaban J connectivity index is 3.08. The van der Waals surface area contributed by atoms with Crippen LogP contribution < -0.4 is 5.73 Å². The van der Waals surface area contributed by atoms with E-state index < -0.39 is 0 Å². The van der Waals surface area contributed by atoms with Crippen molar-refractivity contribution in [2.45, 2.75) is 26.8 Å². The van der Waals surface area contributed by atoms with Crippen LogP contribution in [-0.4, -0.2) is 16.1 Å². The molecule has 4 nitrogen and oxygen atoms in total. The van der Waals surface area contributed by atoms with Gasteiger partial charge in [0.1, 0.15) is 6.07 Å². The van der Waals surface area contributed by atoms with Gasteiger partial charge in [0.05, 0.1) is 6.04 Å². The number of aromatic nitrogens is 2. The van der Waals surface area contributed by atoms with E-state index in [1.165, 1.54) is 0 Å². The van der Waals surface area contributed by atoms with E-state index in [-0.39, 0.29) is 11.5 Å². The average molecular weight is 192 g/mol. The fourth-order valence-corrected chi connectivity index (χ4v) is 1.54. The van der Waals surface area contributed by atoms with E-state index in [9.17, 15) is 0 Å². The fraction of sp³-hybridized carbons (Fsp3) is 0.600. The summed E-state index contributed by atoms with van der Waals surface area (Å²) in [5.74, 6) is 0.426. The van der Waals surface area contributed by atoms with Gasteiger partial charge >= 0.3 is 0 Å². The minimum Gasteiger partial charge on any atom is -0.328 e. The Hall–Kier alpha value is -1.34. The molecule has 0 aliphatic carbocycles. The first-order valence-corrected chi connectivity index (χ1v) is 4.63. The molecular formula is C10H16N4. The molecule has 2 N–H and O–H groups in total. The second kappa shape index (κ2) is 3.81. The molecule has 0 bridgehead atoms. The molecule has 0 aromatic carbocycles. The van der Waals surface area contributed by atoms with Crippen LogP contribution in [0.25, 0.3) is 0 Å². The minimum absolute atomic E-state index is 0.0288. The summed E-state index contributed by atoms with van der Waals surface area (Å²) >= 11 is 0. The molecule has 0 saturated heterocycles. The SMILES string of the molecule is CC(C)(C)C(CN)n1ccnc1C#N. The van der Waals surface area contributed by atoms with Gasteiger partial charge in [-0.1, -0.05) is 20.8 Å². The Morgan fingerprint density at radius 3 is 2.71 bits per heavy atom. The van der Waals surface area contributed by atoms with Gasteiger partial charge in [-0.15, -0.1) is 0 Å². The average Bonchev–Trinajstić information content (AvgIpc) is 2.51. The molecule has 1 aromatic heterocycles. The van der Waals surface area contributed by atoms with Crippen LogP contribution in [0, 0.1) is 16.7 Å². The first kappa shape index (κ1) is 10.7. The van der Waals surface area contributed by atoms with E-state index >= 15 is 0 Å². The third kappa shape index (κ3) is 1.94. The number of imidazole rings is 1. The van der Waals surface area contributed by atoms with Crippen molar-refractivity contribution in [3.05, 3.63) is 18.2 Å². The predicted molar refractivity (Wildman–Crippen MR) is 54.5 cm³/mol. The van der Waals surface area contributed by atoms with E-state index in [1.807, 2.05) is 4.57 Å². The summed E-state index contributed by atoms with van der Waals surface area (Å²) in [6.07, 6.45) is 3.44. The van der Waals surface area contributed by atoms with Crippen molar-refractivity contribution in [1.82, 2.24) is 9.55 Å². The first-order valence-electron chi connectivity index (χ1n) is 4.63. The van der Waals surface area contributed by atoms with E-state index in [4.69, 9.17) is 11.0 Å². The largest absolute Gasteiger partial charge is 0.328 e. The summed E-state index contributed by atoms with van der Waals surface area (Å²) in [6, 6.07) is 2.17.